The number of hydrogen-bond donors (Lipinski definition) is 0. The van der Waals surface area contributed by atoms with E-state index in [1.54, 1.807) is 30.3 Å². The lowest BCUT2D eigenvalue weighted by atomic mass is 9.78. The standard InChI is InChI=1S/C28H29N3O4S/c1-16(32)35-23-19(27(2,3)4)13-17(14-20(23)28(5,6)7)15-21-25(34)31-26(36-21)29-24(33)22(30-31)18-11-9-8-10-12-18/h8-15H,1-7H3. The van der Waals surface area contributed by atoms with Gasteiger partial charge in [0, 0.05) is 23.6 Å². The van der Waals surface area contributed by atoms with Crippen LogP contribution in [0.4, 0.5) is 0 Å². The van der Waals surface area contributed by atoms with Gasteiger partial charge in [-0.25, -0.2) is 0 Å². The van der Waals surface area contributed by atoms with Crippen LogP contribution in [0.3, 0.4) is 0 Å². The SMILES string of the molecule is CC(=O)Oc1c(C(C)(C)C)cc(C=c2sc3nc(=O)c(-c4ccccc4)nn3c2=O)cc1C(C)(C)C. The number of ether oxygens (including phenoxy) is 1. The normalized spacial score (nSPS) is 12.8. The molecule has 0 fully saturated rings. The van der Waals surface area contributed by atoms with Gasteiger partial charge >= 0.3 is 11.5 Å². The molecule has 0 saturated carbocycles. The quantitative estimate of drug-likeness (QED) is 0.307. The molecule has 0 aliphatic heterocycles. The third kappa shape index (κ3) is 4.99. The molecule has 8 heteroatoms. The number of carbonyl (C=O) groups excluding carboxylic acids is 1. The number of thiazole rings is 1. The molecule has 0 bridgehead atoms. The van der Waals surface area contributed by atoms with Gasteiger partial charge in [-0.1, -0.05) is 83.2 Å². The van der Waals surface area contributed by atoms with Crippen molar-refractivity contribution in [1.29, 1.82) is 0 Å². The topological polar surface area (TPSA) is 90.6 Å². The van der Waals surface area contributed by atoms with Crippen LogP contribution in [0.2, 0.25) is 0 Å². The zero-order chi connectivity index (χ0) is 26.4. The average molecular weight is 504 g/mol. The molecule has 0 atom stereocenters. The predicted octanol–water partition coefficient (Wildman–Crippen LogP) is 4.25. The highest BCUT2D eigenvalue weighted by atomic mass is 32.1. The number of aromatic nitrogens is 3. The summed E-state index contributed by atoms with van der Waals surface area (Å²) < 4.78 is 7.29. The van der Waals surface area contributed by atoms with Crippen LogP contribution in [0, 0.1) is 0 Å². The summed E-state index contributed by atoms with van der Waals surface area (Å²) in [6, 6.07) is 12.8. The van der Waals surface area contributed by atoms with Gasteiger partial charge < -0.3 is 4.74 Å². The number of fused-ring (bicyclic) bond motifs is 1. The van der Waals surface area contributed by atoms with Crippen LogP contribution >= 0.6 is 11.3 Å². The minimum Gasteiger partial charge on any atom is -0.426 e. The molecule has 7 nitrogen and oxygen atoms in total. The first-order valence-electron chi connectivity index (χ1n) is 11.6. The zero-order valence-corrected chi connectivity index (χ0v) is 22.3. The first-order chi connectivity index (χ1) is 16.8. The Morgan fingerprint density at radius 3 is 2.08 bits per heavy atom. The summed E-state index contributed by atoms with van der Waals surface area (Å²) in [5.41, 5.74) is 1.77. The monoisotopic (exact) mass is 503 g/mol. The predicted molar refractivity (Wildman–Crippen MR) is 143 cm³/mol. The zero-order valence-electron chi connectivity index (χ0n) is 21.5. The molecular weight excluding hydrogens is 474 g/mol. The number of hydrogen-bond acceptors (Lipinski definition) is 7. The maximum Gasteiger partial charge on any atom is 0.308 e. The third-order valence-corrected chi connectivity index (χ3v) is 6.66. The van der Waals surface area contributed by atoms with Crippen molar-refractivity contribution in [3.05, 3.63) is 84.4 Å². The highest BCUT2D eigenvalue weighted by molar-refractivity contribution is 7.15. The van der Waals surface area contributed by atoms with E-state index >= 15 is 0 Å². The number of carbonyl (C=O) groups is 1. The van der Waals surface area contributed by atoms with Gasteiger partial charge in [-0.05, 0) is 34.6 Å². The Morgan fingerprint density at radius 1 is 0.972 bits per heavy atom. The van der Waals surface area contributed by atoms with Crippen LogP contribution in [0.25, 0.3) is 22.3 Å². The Kier molecular flexibility index (Phi) is 6.43. The largest absolute Gasteiger partial charge is 0.426 e. The van der Waals surface area contributed by atoms with Crippen molar-refractivity contribution in [3.63, 3.8) is 0 Å². The van der Waals surface area contributed by atoms with Crippen molar-refractivity contribution in [2.75, 3.05) is 0 Å². The highest BCUT2D eigenvalue weighted by Crippen LogP contribution is 2.41. The Labute approximate surface area is 213 Å². The summed E-state index contributed by atoms with van der Waals surface area (Å²) in [5.74, 6) is 0.171. The van der Waals surface area contributed by atoms with Gasteiger partial charge in [0.2, 0.25) is 4.96 Å². The van der Waals surface area contributed by atoms with Gasteiger partial charge in [0.05, 0.1) is 4.53 Å². The molecular formula is C28H29N3O4S. The molecule has 36 heavy (non-hydrogen) atoms. The molecule has 0 saturated heterocycles. The van der Waals surface area contributed by atoms with Crippen LogP contribution < -0.4 is 20.4 Å². The minimum atomic E-state index is -0.482. The molecule has 4 rings (SSSR count). The minimum absolute atomic E-state index is 0.130. The van der Waals surface area contributed by atoms with E-state index < -0.39 is 5.56 Å². The van der Waals surface area contributed by atoms with Gasteiger partial charge in [-0.15, -0.1) is 0 Å². The van der Waals surface area contributed by atoms with Crippen molar-refractivity contribution in [1.82, 2.24) is 14.6 Å². The summed E-state index contributed by atoms with van der Waals surface area (Å²) >= 11 is 1.11. The molecule has 0 aliphatic carbocycles. The van der Waals surface area contributed by atoms with Crippen LogP contribution in [0.15, 0.2) is 52.1 Å². The van der Waals surface area contributed by atoms with E-state index in [1.165, 1.54) is 11.4 Å². The lowest BCUT2D eigenvalue weighted by Crippen LogP contribution is -2.27. The van der Waals surface area contributed by atoms with Crippen molar-refractivity contribution in [3.8, 4) is 17.0 Å². The maximum atomic E-state index is 13.3. The lowest BCUT2D eigenvalue weighted by Gasteiger charge is -2.29. The first kappa shape index (κ1) is 25.4. The molecule has 2 aromatic heterocycles. The second-order valence-electron chi connectivity index (χ2n) is 10.8. The van der Waals surface area contributed by atoms with Crippen molar-refractivity contribution < 1.29 is 9.53 Å². The van der Waals surface area contributed by atoms with E-state index in [2.05, 4.69) is 51.6 Å². The van der Waals surface area contributed by atoms with E-state index in [0.29, 0.717) is 15.8 Å². The van der Waals surface area contributed by atoms with Crippen LogP contribution in [-0.2, 0) is 15.6 Å². The van der Waals surface area contributed by atoms with Crippen LogP contribution in [-0.4, -0.2) is 20.6 Å². The molecule has 186 valence electrons. The van der Waals surface area contributed by atoms with Crippen LogP contribution in [0.5, 0.6) is 5.75 Å². The molecule has 0 spiro atoms. The van der Waals surface area contributed by atoms with Crippen molar-refractivity contribution >= 4 is 28.3 Å². The molecule has 4 aromatic rings. The highest BCUT2D eigenvalue weighted by Gasteiger charge is 2.28. The molecule has 2 heterocycles. The molecule has 0 amide bonds. The van der Waals surface area contributed by atoms with Crippen molar-refractivity contribution in [2.45, 2.75) is 59.3 Å². The number of benzene rings is 2. The second-order valence-corrected chi connectivity index (χ2v) is 11.8. The van der Waals surface area contributed by atoms with E-state index in [1.807, 2.05) is 18.2 Å². The molecule has 0 radical (unpaired) electrons. The Balaban J connectivity index is 1.97. The molecule has 0 unspecified atom stereocenters. The fourth-order valence-corrected chi connectivity index (χ4v) is 4.84. The number of nitrogens with zero attached hydrogens (tertiary/aromatic N) is 3. The first-order valence-corrected chi connectivity index (χ1v) is 12.5. The molecule has 0 aliphatic rings. The van der Waals surface area contributed by atoms with E-state index in [0.717, 1.165) is 28.0 Å². The van der Waals surface area contributed by atoms with Crippen molar-refractivity contribution in [2.24, 2.45) is 0 Å². The maximum absolute atomic E-state index is 13.3. The van der Waals surface area contributed by atoms with E-state index in [4.69, 9.17) is 4.74 Å². The lowest BCUT2D eigenvalue weighted by molar-refractivity contribution is -0.132. The molecule has 0 N–H and O–H groups in total. The third-order valence-electron chi connectivity index (χ3n) is 5.70. The summed E-state index contributed by atoms with van der Waals surface area (Å²) in [4.78, 5) is 42.2. The Bertz CT molecular complexity index is 1600. The van der Waals surface area contributed by atoms with Gasteiger partial charge in [-0.3, -0.25) is 14.4 Å². The van der Waals surface area contributed by atoms with Gasteiger partial charge in [0.1, 0.15) is 5.75 Å². The average Bonchev–Trinajstić information content (AvgIpc) is 3.06. The summed E-state index contributed by atoms with van der Waals surface area (Å²) in [6.07, 6.45) is 1.78. The van der Waals surface area contributed by atoms with Gasteiger partial charge in [-0.2, -0.15) is 14.6 Å². The number of esters is 1. The second kappa shape index (κ2) is 9.09. The Hall–Kier alpha value is -3.65. The van der Waals surface area contributed by atoms with E-state index in [9.17, 15) is 14.4 Å². The van der Waals surface area contributed by atoms with Gasteiger partial charge in [0.15, 0.2) is 5.69 Å². The summed E-state index contributed by atoms with van der Waals surface area (Å²) in [7, 11) is 0. The smallest absolute Gasteiger partial charge is 0.308 e. The Morgan fingerprint density at radius 2 is 1.56 bits per heavy atom. The fourth-order valence-electron chi connectivity index (χ4n) is 3.94. The number of rotatable bonds is 3. The fraction of sp³-hybridized carbons (Fsp3) is 0.321. The summed E-state index contributed by atoms with van der Waals surface area (Å²) in [6.45, 7) is 13.7. The van der Waals surface area contributed by atoms with E-state index in [-0.39, 0.29) is 33.0 Å². The summed E-state index contributed by atoms with van der Waals surface area (Å²) in [5, 5.41) is 4.33. The van der Waals surface area contributed by atoms with Crippen LogP contribution in [0.1, 0.15) is 65.2 Å². The van der Waals surface area contributed by atoms with Gasteiger partial charge in [0.25, 0.3) is 5.56 Å². The molecule has 2 aromatic carbocycles.